The van der Waals surface area contributed by atoms with Gasteiger partial charge in [-0.15, -0.1) is 0 Å². The molecule has 1 unspecified atom stereocenters. The van der Waals surface area contributed by atoms with Gasteiger partial charge in [0.05, 0.1) is 0 Å². The summed E-state index contributed by atoms with van der Waals surface area (Å²) < 4.78 is 19.2. The Morgan fingerprint density at radius 2 is 1.90 bits per heavy atom. The van der Waals surface area contributed by atoms with Gasteiger partial charge in [-0.1, -0.05) is 55.2 Å². The fourth-order valence-electron chi connectivity index (χ4n) is 2.90. The molecule has 0 saturated carbocycles. The van der Waals surface area contributed by atoms with E-state index in [1.807, 2.05) is 13.8 Å². The summed E-state index contributed by atoms with van der Waals surface area (Å²) in [5.41, 5.74) is 0.641. The molecule has 0 fully saturated rings. The second-order valence-corrected chi connectivity index (χ2v) is 7.54. The summed E-state index contributed by atoms with van der Waals surface area (Å²) in [4.78, 5) is 27.1. The second kappa shape index (κ2) is 11.8. The lowest BCUT2D eigenvalue weighted by atomic mass is 10.1. The highest BCUT2D eigenvalue weighted by Crippen LogP contribution is 2.24. The molecule has 162 valence electrons. The number of para-hydroxylation sites is 1. The lowest BCUT2D eigenvalue weighted by Gasteiger charge is -2.31. The number of amides is 2. The van der Waals surface area contributed by atoms with Crippen molar-refractivity contribution in [1.29, 1.82) is 0 Å². The van der Waals surface area contributed by atoms with E-state index < -0.39 is 24.4 Å². The Hall–Kier alpha value is -2.31. The second-order valence-electron chi connectivity index (χ2n) is 6.69. The average molecular weight is 455 g/mol. The molecule has 0 aliphatic heterocycles. The van der Waals surface area contributed by atoms with E-state index in [1.54, 1.807) is 24.3 Å². The van der Waals surface area contributed by atoms with E-state index in [4.69, 9.17) is 27.9 Å². The number of nitrogens with one attached hydrogen (secondary N) is 1. The summed E-state index contributed by atoms with van der Waals surface area (Å²) in [5.74, 6) is -1.31. The molecular formula is C22H25Cl2FN2O3. The van der Waals surface area contributed by atoms with Crippen molar-refractivity contribution in [1.82, 2.24) is 10.2 Å². The van der Waals surface area contributed by atoms with Crippen LogP contribution in [0.2, 0.25) is 10.0 Å². The summed E-state index contributed by atoms with van der Waals surface area (Å²) >= 11 is 12.2. The molecule has 0 aromatic heterocycles. The number of ether oxygens (including phenoxy) is 1. The van der Waals surface area contributed by atoms with E-state index in [-0.39, 0.29) is 18.2 Å². The first kappa shape index (κ1) is 24.0. The minimum absolute atomic E-state index is 0.0289. The normalized spacial score (nSPS) is 11.6. The maximum absolute atomic E-state index is 13.8. The lowest BCUT2D eigenvalue weighted by Crippen LogP contribution is -2.50. The Kier molecular flexibility index (Phi) is 9.40. The summed E-state index contributed by atoms with van der Waals surface area (Å²) in [6, 6.07) is 10.1. The molecule has 0 aliphatic carbocycles. The van der Waals surface area contributed by atoms with Crippen molar-refractivity contribution >= 4 is 35.0 Å². The lowest BCUT2D eigenvalue weighted by molar-refractivity contribution is -0.143. The van der Waals surface area contributed by atoms with E-state index in [1.165, 1.54) is 23.1 Å². The largest absolute Gasteiger partial charge is 0.481 e. The fourth-order valence-corrected chi connectivity index (χ4v) is 3.37. The molecule has 0 bridgehead atoms. The molecule has 0 aliphatic rings. The first-order valence-corrected chi connectivity index (χ1v) is 10.5. The van der Waals surface area contributed by atoms with Crippen LogP contribution in [0.1, 0.15) is 32.3 Å². The predicted octanol–water partition coefficient (Wildman–Crippen LogP) is 4.84. The zero-order valence-electron chi connectivity index (χ0n) is 17.0. The molecule has 1 atom stereocenters. The summed E-state index contributed by atoms with van der Waals surface area (Å²) in [7, 11) is 0. The third-order valence-electron chi connectivity index (χ3n) is 4.48. The van der Waals surface area contributed by atoms with Crippen molar-refractivity contribution < 1.29 is 18.7 Å². The molecule has 2 amide bonds. The van der Waals surface area contributed by atoms with E-state index >= 15 is 0 Å². The molecule has 0 heterocycles. The number of hydrogen-bond acceptors (Lipinski definition) is 3. The van der Waals surface area contributed by atoms with Gasteiger partial charge < -0.3 is 15.0 Å². The molecule has 0 radical (unpaired) electrons. The third-order valence-corrected chi connectivity index (χ3v) is 5.07. The summed E-state index contributed by atoms with van der Waals surface area (Å²) in [5, 5.41) is 3.68. The maximum atomic E-state index is 13.8. The van der Waals surface area contributed by atoms with Gasteiger partial charge in [-0.05, 0) is 42.7 Å². The molecule has 0 spiro atoms. The van der Waals surface area contributed by atoms with Gasteiger partial charge in [0.15, 0.2) is 18.2 Å². The van der Waals surface area contributed by atoms with Crippen molar-refractivity contribution in [3.63, 3.8) is 0 Å². The van der Waals surface area contributed by atoms with E-state index in [9.17, 15) is 14.0 Å². The average Bonchev–Trinajstić information content (AvgIpc) is 2.72. The zero-order valence-corrected chi connectivity index (χ0v) is 18.5. The SMILES string of the molecule is CCCNC(=O)C(CC)N(Cc1ccc(Cl)cc1Cl)C(=O)COc1ccccc1F. The van der Waals surface area contributed by atoms with Crippen molar-refractivity contribution in [3.05, 3.63) is 63.9 Å². The first-order chi connectivity index (χ1) is 14.4. The smallest absolute Gasteiger partial charge is 0.261 e. The molecule has 2 aromatic rings. The maximum Gasteiger partial charge on any atom is 0.261 e. The predicted molar refractivity (Wildman–Crippen MR) is 116 cm³/mol. The highest BCUT2D eigenvalue weighted by molar-refractivity contribution is 6.35. The van der Waals surface area contributed by atoms with Crippen molar-refractivity contribution in [2.24, 2.45) is 0 Å². The van der Waals surface area contributed by atoms with Crippen LogP contribution in [0.15, 0.2) is 42.5 Å². The molecular weight excluding hydrogens is 430 g/mol. The number of benzene rings is 2. The van der Waals surface area contributed by atoms with Gasteiger partial charge in [0.25, 0.3) is 5.91 Å². The molecule has 2 aromatic carbocycles. The van der Waals surface area contributed by atoms with Crippen LogP contribution in [0.5, 0.6) is 5.75 Å². The van der Waals surface area contributed by atoms with Crippen LogP contribution >= 0.6 is 23.2 Å². The topological polar surface area (TPSA) is 58.6 Å². The molecule has 8 heteroatoms. The molecule has 5 nitrogen and oxygen atoms in total. The minimum Gasteiger partial charge on any atom is -0.481 e. The van der Waals surface area contributed by atoms with Crippen molar-refractivity contribution in [3.8, 4) is 5.75 Å². The van der Waals surface area contributed by atoms with Gasteiger partial charge in [0.1, 0.15) is 6.04 Å². The van der Waals surface area contributed by atoms with Gasteiger partial charge in [-0.3, -0.25) is 9.59 Å². The highest BCUT2D eigenvalue weighted by atomic mass is 35.5. The van der Waals surface area contributed by atoms with Gasteiger partial charge in [0, 0.05) is 23.1 Å². The van der Waals surface area contributed by atoms with E-state index in [0.29, 0.717) is 28.6 Å². The van der Waals surface area contributed by atoms with Crippen LogP contribution < -0.4 is 10.1 Å². The molecule has 1 N–H and O–H groups in total. The standard InChI is InChI=1S/C22H25Cl2FN2O3/c1-3-11-26-22(29)19(4-2)27(13-15-9-10-16(23)12-17(15)24)21(28)14-30-20-8-6-5-7-18(20)25/h5-10,12,19H,3-4,11,13-14H2,1-2H3,(H,26,29). The van der Waals surface area contributed by atoms with Crippen LogP contribution in [0.25, 0.3) is 0 Å². The fraction of sp³-hybridized carbons (Fsp3) is 0.364. The van der Waals surface area contributed by atoms with Crippen LogP contribution in [0, 0.1) is 5.82 Å². The van der Waals surface area contributed by atoms with Gasteiger partial charge in [-0.2, -0.15) is 0 Å². The summed E-state index contributed by atoms with van der Waals surface area (Å²) in [6.45, 7) is 3.94. The van der Waals surface area contributed by atoms with E-state index in [0.717, 1.165) is 6.42 Å². The number of rotatable bonds is 10. The Labute approximate surface area is 186 Å². The monoisotopic (exact) mass is 454 g/mol. The number of carbonyl (C=O) groups is 2. The Morgan fingerprint density at radius 1 is 1.17 bits per heavy atom. The van der Waals surface area contributed by atoms with Crippen molar-refractivity contribution in [2.45, 2.75) is 39.3 Å². The molecule has 2 rings (SSSR count). The van der Waals surface area contributed by atoms with Gasteiger partial charge in [-0.25, -0.2) is 4.39 Å². The molecule has 0 saturated heterocycles. The third kappa shape index (κ3) is 6.61. The number of carbonyl (C=O) groups excluding carboxylic acids is 2. The van der Waals surface area contributed by atoms with Gasteiger partial charge in [0.2, 0.25) is 5.91 Å². The summed E-state index contributed by atoms with van der Waals surface area (Å²) in [6.07, 6.45) is 1.17. The highest BCUT2D eigenvalue weighted by Gasteiger charge is 2.29. The van der Waals surface area contributed by atoms with Gasteiger partial charge >= 0.3 is 0 Å². The number of halogens is 3. The van der Waals surface area contributed by atoms with Crippen LogP contribution in [0.4, 0.5) is 4.39 Å². The van der Waals surface area contributed by atoms with E-state index in [2.05, 4.69) is 5.32 Å². The van der Waals surface area contributed by atoms with Crippen LogP contribution in [0.3, 0.4) is 0 Å². The van der Waals surface area contributed by atoms with Crippen molar-refractivity contribution in [2.75, 3.05) is 13.2 Å². The Balaban J connectivity index is 2.25. The van der Waals surface area contributed by atoms with Crippen LogP contribution in [-0.4, -0.2) is 35.9 Å². The molecule has 30 heavy (non-hydrogen) atoms. The minimum atomic E-state index is -0.722. The quantitative estimate of drug-likeness (QED) is 0.558. The first-order valence-electron chi connectivity index (χ1n) is 9.75. The van der Waals surface area contributed by atoms with Crippen LogP contribution in [-0.2, 0) is 16.1 Å². The Bertz CT molecular complexity index is 879. The number of nitrogens with zero attached hydrogens (tertiary/aromatic N) is 1. The zero-order chi connectivity index (χ0) is 22.1. The Morgan fingerprint density at radius 3 is 2.53 bits per heavy atom. The number of hydrogen-bond donors (Lipinski definition) is 1.